The Balaban J connectivity index is 1.36. The molecule has 5 rings (SSSR count). The number of rotatable bonds is 6. The van der Waals surface area contributed by atoms with E-state index in [0.717, 1.165) is 16.7 Å². The summed E-state index contributed by atoms with van der Waals surface area (Å²) in [6.07, 6.45) is -5.87. The van der Waals surface area contributed by atoms with Crippen molar-refractivity contribution in [3.63, 3.8) is 0 Å². The molecule has 41 heavy (non-hydrogen) atoms. The molecule has 1 aliphatic rings. The fourth-order valence-corrected chi connectivity index (χ4v) is 4.80. The number of nitrogens with one attached hydrogen (secondary N) is 1. The minimum atomic E-state index is -4.60. The van der Waals surface area contributed by atoms with Crippen molar-refractivity contribution >= 4 is 34.9 Å². The second kappa shape index (κ2) is 10.4. The molecule has 1 aliphatic heterocycles. The van der Waals surface area contributed by atoms with E-state index in [0.29, 0.717) is 11.1 Å². The molecule has 4 aromatic rings. The first-order chi connectivity index (χ1) is 19.2. The number of benzene rings is 1. The van der Waals surface area contributed by atoms with Crippen LogP contribution in [0.1, 0.15) is 25.0 Å². The van der Waals surface area contributed by atoms with Crippen molar-refractivity contribution < 1.29 is 41.5 Å². The van der Waals surface area contributed by atoms with Gasteiger partial charge in [-0.3, -0.25) is 0 Å². The van der Waals surface area contributed by atoms with Gasteiger partial charge in [0.2, 0.25) is 5.82 Å². The van der Waals surface area contributed by atoms with Gasteiger partial charge < -0.3 is 28.8 Å². The van der Waals surface area contributed by atoms with Crippen molar-refractivity contribution in [2.24, 2.45) is 0 Å². The predicted molar refractivity (Wildman–Crippen MR) is 137 cm³/mol. The van der Waals surface area contributed by atoms with Crippen LogP contribution in [-0.4, -0.2) is 61.4 Å². The molecule has 2 N–H and O–H groups in total. The van der Waals surface area contributed by atoms with Crippen LogP contribution >= 0.6 is 23.2 Å². The maximum Gasteiger partial charge on any atom is 0.417 e. The lowest BCUT2D eigenvalue weighted by molar-refractivity contribution is -0.277. The normalized spacial score (nSPS) is 17.5. The van der Waals surface area contributed by atoms with E-state index in [4.69, 9.17) is 37.2 Å². The third-order valence-electron chi connectivity index (χ3n) is 6.48. The predicted octanol–water partition coefficient (Wildman–Crippen LogP) is 6.05. The lowest BCUT2D eigenvalue weighted by Crippen LogP contribution is -2.66. The number of amides is 1. The summed E-state index contributed by atoms with van der Waals surface area (Å²) in [4.78, 5) is 19.8. The van der Waals surface area contributed by atoms with Crippen LogP contribution in [0.5, 0.6) is 0 Å². The number of fused-ring (bicyclic) bond motifs is 1. The van der Waals surface area contributed by atoms with E-state index in [2.05, 4.69) is 20.4 Å². The molecule has 1 unspecified atom stereocenters. The molecule has 0 radical (unpaired) electrons. The third-order valence-corrected chi connectivity index (χ3v) is 7.07. The number of nitrogens with zero attached hydrogens (tertiary/aromatic N) is 4. The summed E-state index contributed by atoms with van der Waals surface area (Å²) < 4.78 is 72.4. The van der Waals surface area contributed by atoms with Gasteiger partial charge in [0, 0.05) is 24.4 Å². The highest BCUT2D eigenvalue weighted by Gasteiger charge is 2.47. The van der Waals surface area contributed by atoms with Crippen molar-refractivity contribution in [3.05, 3.63) is 57.8 Å². The van der Waals surface area contributed by atoms with Crippen molar-refractivity contribution in [2.45, 2.75) is 43.9 Å². The number of ether oxygens (including phenoxy) is 2. The number of aromatic nitrogens is 4. The number of hydrogen-bond donors (Lipinski definition) is 2. The van der Waals surface area contributed by atoms with Gasteiger partial charge in [0.15, 0.2) is 11.4 Å². The van der Waals surface area contributed by atoms with Crippen LogP contribution in [0.25, 0.3) is 28.6 Å². The van der Waals surface area contributed by atoms with E-state index in [1.54, 1.807) is 19.9 Å². The first kappa shape index (κ1) is 29.0. The first-order valence-electron chi connectivity index (χ1n) is 12.0. The van der Waals surface area contributed by atoms with Gasteiger partial charge in [0.1, 0.15) is 17.4 Å². The number of alkyl halides is 4. The zero-order valence-electron chi connectivity index (χ0n) is 21.3. The van der Waals surface area contributed by atoms with Gasteiger partial charge in [0.05, 0.1) is 28.8 Å². The van der Waals surface area contributed by atoms with Gasteiger partial charge in [-0.05, 0) is 37.6 Å². The van der Waals surface area contributed by atoms with Crippen LogP contribution in [0.3, 0.4) is 0 Å². The Morgan fingerprint density at radius 1 is 1.15 bits per heavy atom. The number of carboxylic acid groups (broad SMARTS) is 1. The molecule has 218 valence electrons. The van der Waals surface area contributed by atoms with Crippen LogP contribution in [0.4, 0.5) is 22.4 Å². The zero-order chi connectivity index (χ0) is 29.7. The molecule has 1 saturated heterocycles. The number of pyridine rings is 1. The summed E-state index contributed by atoms with van der Waals surface area (Å²) >= 11 is 12.4. The van der Waals surface area contributed by atoms with Crippen molar-refractivity contribution in [1.82, 2.24) is 24.8 Å². The lowest BCUT2D eigenvalue weighted by Gasteiger charge is -2.44. The van der Waals surface area contributed by atoms with Crippen molar-refractivity contribution in [1.29, 1.82) is 0 Å². The van der Waals surface area contributed by atoms with Gasteiger partial charge in [-0.2, -0.15) is 18.2 Å². The van der Waals surface area contributed by atoms with Gasteiger partial charge >= 0.3 is 12.3 Å². The van der Waals surface area contributed by atoms with E-state index in [1.165, 1.54) is 18.3 Å². The second-order valence-corrected chi connectivity index (χ2v) is 10.7. The number of imidazole rings is 1. The zero-order valence-corrected chi connectivity index (χ0v) is 22.8. The minimum absolute atomic E-state index is 0.0489. The highest BCUT2D eigenvalue weighted by Crippen LogP contribution is 2.35. The van der Waals surface area contributed by atoms with E-state index in [1.807, 2.05) is 0 Å². The molecule has 1 atom stereocenters. The molecule has 0 spiro atoms. The number of halogens is 6. The number of hydrogen-bond acceptors (Lipinski definition) is 7. The Morgan fingerprint density at radius 2 is 1.85 bits per heavy atom. The molecular weight excluding hydrogens is 597 g/mol. The van der Waals surface area contributed by atoms with Crippen molar-refractivity contribution in [3.8, 4) is 23.0 Å². The van der Waals surface area contributed by atoms with E-state index in [-0.39, 0.29) is 52.7 Å². The molecule has 1 fully saturated rings. The Kier molecular flexibility index (Phi) is 7.39. The summed E-state index contributed by atoms with van der Waals surface area (Å²) in [5.74, 6) is -1.04. The van der Waals surface area contributed by atoms with Crippen LogP contribution < -0.4 is 5.32 Å². The average molecular weight is 618 g/mol. The summed E-state index contributed by atoms with van der Waals surface area (Å²) in [6, 6.07) is 5.34. The molecule has 3 aromatic heterocycles. The highest BCUT2D eigenvalue weighted by molar-refractivity contribution is 6.33. The largest absolute Gasteiger partial charge is 0.465 e. The SMILES string of the molecule is CC1(C)OCC(NC(=O)O)(C(F)Cc2ccc(-c3noc(-c4cn5cc(C(F)(F)F)cc(Cl)c5n4)n3)c(Cl)c2)CO1. The second-order valence-electron chi connectivity index (χ2n) is 9.90. The molecule has 0 aliphatic carbocycles. The topological polar surface area (TPSA) is 124 Å². The van der Waals surface area contributed by atoms with Gasteiger partial charge in [0.25, 0.3) is 5.89 Å². The summed E-state index contributed by atoms with van der Waals surface area (Å²) in [6.45, 7) is 2.80. The molecule has 1 amide bonds. The molecule has 0 saturated carbocycles. The Labute approximate surface area is 239 Å². The van der Waals surface area contributed by atoms with Crippen molar-refractivity contribution in [2.75, 3.05) is 13.2 Å². The summed E-state index contributed by atoms with van der Waals surface area (Å²) in [5.41, 5.74) is -1.68. The molecule has 4 heterocycles. The van der Waals surface area contributed by atoms with E-state index >= 15 is 4.39 Å². The fourth-order valence-electron chi connectivity index (χ4n) is 4.25. The summed E-state index contributed by atoms with van der Waals surface area (Å²) in [5, 5.41) is 15.3. The highest BCUT2D eigenvalue weighted by atomic mass is 35.5. The monoisotopic (exact) mass is 617 g/mol. The third kappa shape index (κ3) is 5.96. The van der Waals surface area contributed by atoms with E-state index in [9.17, 15) is 23.1 Å². The maximum atomic E-state index is 15.5. The average Bonchev–Trinajstić information content (AvgIpc) is 3.52. The van der Waals surface area contributed by atoms with Gasteiger partial charge in [-0.15, -0.1) is 0 Å². The van der Waals surface area contributed by atoms with Crippen LogP contribution in [0.2, 0.25) is 10.0 Å². The quantitative estimate of drug-likeness (QED) is 0.251. The smallest absolute Gasteiger partial charge is 0.417 e. The first-order valence-corrected chi connectivity index (χ1v) is 12.7. The van der Waals surface area contributed by atoms with Crippen LogP contribution in [-0.2, 0) is 22.1 Å². The van der Waals surface area contributed by atoms with Crippen LogP contribution in [0, 0.1) is 0 Å². The standard InChI is InChI=1S/C25H21Cl2F4N5O5/c1-23(2)39-10-24(11-40-23,34-22(37)38)18(28)6-12-3-4-14(15(26)5-12)19-33-21(41-35-19)17-9-36-8-13(25(29,30)31)7-16(27)20(36)32-17/h3-5,7-9,18,34H,6,10-11H2,1-2H3,(H,37,38). The summed E-state index contributed by atoms with van der Waals surface area (Å²) in [7, 11) is 0. The Bertz CT molecular complexity index is 1610. The molecule has 16 heteroatoms. The lowest BCUT2D eigenvalue weighted by atomic mass is 9.89. The minimum Gasteiger partial charge on any atom is -0.465 e. The molecule has 1 aromatic carbocycles. The molecular formula is C25H21Cl2F4N5O5. The Morgan fingerprint density at radius 3 is 2.49 bits per heavy atom. The van der Waals surface area contributed by atoms with Gasteiger partial charge in [-0.25, -0.2) is 14.2 Å². The number of carbonyl (C=O) groups is 1. The maximum absolute atomic E-state index is 15.5. The van der Waals surface area contributed by atoms with E-state index < -0.39 is 35.3 Å². The molecule has 0 bridgehead atoms. The van der Waals surface area contributed by atoms with Crippen LogP contribution in [0.15, 0.2) is 41.2 Å². The molecule has 10 nitrogen and oxygen atoms in total. The van der Waals surface area contributed by atoms with Gasteiger partial charge in [-0.1, -0.05) is 34.4 Å². The fraction of sp³-hybridized carbons (Fsp3) is 0.360. The Hall–Kier alpha value is -3.46.